The topological polar surface area (TPSA) is 42.4 Å². The van der Waals surface area contributed by atoms with E-state index >= 15 is 0 Å². The highest BCUT2D eigenvalue weighted by Gasteiger charge is 2.38. The van der Waals surface area contributed by atoms with E-state index in [9.17, 15) is 4.79 Å². The van der Waals surface area contributed by atoms with E-state index in [1.54, 1.807) is 18.3 Å². The van der Waals surface area contributed by atoms with Gasteiger partial charge in [-0.3, -0.25) is 4.79 Å². The van der Waals surface area contributed by atoms with Crippen LogP contribution >= 0.6 is 0 Å². The molecule has 2 aliphatic rings. The number of nitrogens with zero attached hydrogens (tertiary/aromatic N) is 2. The lowest BCUT2D eigenvalue weighted by Gasteiger charge is -2.31. The van der Waals surface area contributed by atoms with Crippen molar-refractivity contribution in [2.45, 2.75) is 45.1 Å². The minimum absolute atomic E-state index is 0.141. The number of rotatable bonds is 3. The summed E-state index contributed by atoms with van der Waals surface area (Å²) in [5.74, 6) is 1.40. The second-order valence-electron chi connectivity index (χ2n) is 5.71. The molecule has 108 valence electrons. The number of carbonyl (C=O) groups excluding carboxylic acids is 1. The van der Waals surface area contributed by atoms with Crippen LogP contribution in [0.25, 0.3) is 0 Å². The Labute approximate surface area is 120 Å². The maximum Gasteiger partial charge on any atom is 0.254 e. The third-order valence-corrected chi connectivity index (χ3v) is 4.54. The summed E-state index contributed by atoms with van der Waals surface area (Å²) in [4.78, 5) is 18.9. The van der Waals surface area contributed by atoms with Crippen LogP contribution in [0.4, 0.5) is 0 Å². The van der Waals surface area contributed by atoms with Crippen molar-refractivity contribution in [3.05, 3.63) is 23.9 Å². The second-order valence-corrected chi connectivity index (χ2v) is 5.71. The predicted octanol–water partition coefficient (Wildman–Crippen LogP) is 2.89. The zero-order valence-electron chi connectivity index (χ0n) is 12.0. The summed E-state index contributed by atoms with van der Waals surface area (Å²) in [6.45, 7) is 3.39. The largest absolute Gasteiger partial charge is 0.478 e. The molecule has 1 aliphatic carbocycles. The molecule has 4 nitrogen and oxygen atoms in total. The normalized spacial score (nSPS) is 25.4. The van der Waals surface area contributed by atoms with Crippen LogP contribution in [0.1, 0.15) is 49.4 Å². The molecule has 2 unspecified atom stereocenters. The number of carbonyl (C=O) groups is 1. The first-order valence-electron chi connectivity index (χ1n) is 7.69. The summed E-state index contributed by atoms with van der Waals surface area (Å²) in [6.07, 6.45) is 7.86. The molecule has 1 saturated carbocycles. The zero-order chi connectivity index (χ0) is 13.9. The molecular weight excluding hydrogens is 252 g/mol. The monoisotopic (exact) mass is 274 g/mol. The summed E-state index contributed by atoms with van der Waals surface area (Å²) in [5, 5.41) is 0. The van der Waals surface area contributed by atoms with Crippen LogP contribution in [0.2, 0.25) is 0 Å². The quantitative estimate of drug-likeness (QED) is 0.851. The van der Waals surface area contributed by atoms with Gasteiger partial charge in [0, 0.05) is 30.4 Å². The molecule has 0 spiro atoms. The molecule has 2 fully saturated rings. The summed E-state index contributed by atoms with van der Waals surface area (Å²) in [6, 6.07) is 4.02. The maximum absolute atomic E-state index is 12.7. The van der Waals surface area contributed by atoms with Crippen molar-refractivity contribution in [3.63, 3.8) is 0 Å². The SMILES string of the molecule is CCOc1cc(C(=O)N2CCC3CCCCC32)ccn1. The number of amides is 1. The molecule has 20 heavy (non-hydrogen) atoms. The highest BCUT2D eigenvalue weighted by Crippen LogP contribution is 2.36. The average molecular weight is 274 g/mol. The third-order valence-electron chi connectivity index (χ3n) is 4.54. The van der Waals surface area contributed by atoms with E-state index in [4.69, 9.17) is 4.74 Å². The Hall–Kier alpha value is -1.58. The van der Waals surface area contributed by atoms with Crippen LogP contribution in [-0.4, -0.2) is 35.0 Å². The number of ether oxygens (including phenoxy) is 1. The summed E-state index contributed by atoms with van der Waals surface area (Å²) in [7, 11) is 0. The van der Waals surface area contributed by atoms with Gasteiger partial charge < -0.3 is 9.64 Å². The molecule has 1 aromatic rings. The summed E-state index contributed by atoms with van der Waals surface area (Å²) in [5.41, 5.74) is 0.703. The van der Waals surface area contributed by atoms with Gasteiger partial charge in [0.1, 0.15) is 0 Å². The van der Waals surface area contributed by atoms with Gasteiger partial charge in [-0.15, -0.1) is 0 Å². The fraction of sp³-hybridized carbons (Fsp3) is 0.625. The first-order valence-corrected chi connectivity index (χ1v) is 7.69. The minimum atomic E-state index is 0.141. The number of hydrogen-bond acceptors (Lipinski definition) is 3. The predicted molar refractivity (Wildman–Crippen MR) is 76.8 cm³/mol. The molecule has 0 aromatic carbocycles. The number of hydrogen-bond donors (Lipinski definition) is 0. The number of aromatic nitrogens is 1. The first-order chi connectivity index (χ1) is 9.79. The van der Waals surface area contributed by atoms with Crippen LogP contribution in [0.15, 0.2) is 18.3 Å². The van der Waals surface area contributed by atoms with Crippen molar-refractivity contribution in [3.8, 4) is 5.88 Å². The molecule has 2 heterocycles. The van der Waals surface area contributed by atoms with Gasteiger partial charge in [0.2, 0.25) is 5.88 Å². The highest BCUT2D eigenvalue weighted by molar-refractivity contribution is 5.94. The van der Waals surface area contributed by atoms with Gasteiger partial charge in [-0.1, -0.05) is 12.8 Å². The Bertz CT molecular complexity index is 489. The lowest BCUT2D eigenvalue weighted by atomic mass is 9.85. The van der Waals surface area contributed by atoms with Crippen LogP contribution in [0.5, 0.6) is 5.88 Å². The second kappa shape index (κ2) is 5.81. The number of likely N-dealkylation sites (tertiary alicyclic amines) is 1. The van der Waals surface area contributed by atoms with Crippen LogP contribution in [0, 0.1) is 5.92 Å². The third kappa shape index (κ3) is 2.51. The van der Waals surface area contributed by atoms with Crippen LogP contribution in [0.3, 0.4) is 0 Å². The van der Waals surface area contributed by atoms with Crippen LogP contribution < -0.4 is 4.74 Å². The Morgan fingerprint density at radius 1 is 1.40 bits per heavy atom. The Balaban J connectivity index is 1.76. The fourth-order valence-electron chi connectivity index (χ4n) is 3.59. The molecule has 1 aromatic heterocycles. The Morgan fingerprint density at radius 3 is 3.10 bits per heavy atom. The smallest absolute Gasteiger partial charge is 0.254 e. The van der Waals surface area contributed by atoms with Gasteiger partial charge in [0.15, 0.2) is 0 Å². The van der Waals surface area contributed by atoms with E-state index in [1.807, 2.05) is 6.92 Å². The van der Waals surface area contributed by atoms with Gasteiger partial charge in [0.05, 0.1) is 6.61 Å². The van der Waals surface area contributed by atoms with E-state index < -0.39 is 0 Å². The number of pyridine rings is 1. The molecule has 1 saturated heterocycles. The Morgan fingerprint density at radius 2 is 2.25 bits per heavy atom. The van der Waals surface area contributed by atoms with E-state index in [0.717, 1.165) is 12.5 Å². The number of fused-ring (bicyclic) bond motifs is 1. The van der Waals surface area contributed by atoms with Crippen molar-refractivity contribution in [1.82, 2.24) is 9.88 Å². The van der Waals surface area contributed by atoms with E-state index in [1.165, 1.54) is 32.1 Å². The highest BCUT2D eigenvalue weighted by atomic mass is 16.5. The molecular formula is C16H22N2O2. The van der Waals surface area contributed by atoms with Crippen molar-refractivity contribution < 1.29 is 9.53 Å². The summed E-state index contributed by atoms with van der Waals surface area (Å²) < 4.78 is 5.38. The maximum atomic E-state index is 12.7. The first kappa shape index (κ1) is 13.4. The van der Waals surface area contributed by atoms with Gasteiger partial charge in [0.25, 0.3) is 5.91 Å². The van der Waals surface area contributed by atoms with Gasteiger partial charge in [-0.25, -0.2) is 4.98 Å². The fourth-order valence-corrected chi connectivity index (χ4v) is 3.59. The minimum Gasteiger partial charge on any atom is -0.478 e. The standard InChI is InChI=1S/C16H22N2O2/c1-2-20-15-11-13(7-9-17-15)16(19)18-10-8-12-5-3-4-6-14(12)18/h7,9,11-12,14H,2-6,8,10H2,1H3. The molecule has 0 bridgehead atoms. The van der Waals surface area contributed by atoms with E-state index in [-0.39, 0.29) is 5.91 Å². The molecule has 0 N–H and O–H groups in total. The molecule has 2 atom stereocenters. The molecule has 1 aliphatic heterocycles. The van der Waals surface area contributed by atoms with Crippen molar-refractivity contribution in [2.24, 2.45) is 5.92 Å². The molecule has 0 radical (unpaired) electrons. The average Bonchev–Trinajstić information content (AvgIpc) is 2.91. The van der Waals surface area contributed by atoms with Gasteiger partial charge >= 0.3 is 0 Å². The molecule has 1 amide bonds. The van der Waals surface area contributed by atoms with Crippen molar-refractivity contribution in [1.29, 1.82) is 0 Å². The van der Waals surface area contributed by atoms with Crippen molar-refractivity contribution >= 4 is 5.91 Å². The van der Waals surface area contributed by atoms with Crippen molar-refractivity contribution in [2.75, 3.05) is 13.2 Å². The van der Waals surface area contributed by atoms with E-state index in [2.05, 4.69) is 9.88 Å². The lowest BCUT2D eigenvalue weighted by molar-refractivity contribution is 0.0689. The van der Waals surface area contributed by atoms with E-state index in [0.29, 0.717) is 24.1 Å². The lowest BCUT2D eigenvalue weighted by Crippen LogP contribution is -2.39. The zero-order valence-corrected chi connectivity index (χ0v) is 12.0. The molecule has 4 heteroatoms. The van der Waals surface area contributed by atoms with Gasteiger partial charge in [-0.05, 0) is 38.2 Å². The van der Waals surface area contributed by atoms with Gasteiger partial charge in [-0.2, -0.15) is 0 Å². The Kier molecular flexibility index (Phi) is 3.90. The van der Waals surface area contributed by atoms with Crippen LogP contribution in [-0.2, 0) is 0 Å². The summed E-state index contributed by atoms with van der Waals surface area (Å²) >= 11 is 0. The molecule has 3 rings (SSSR count).